The summed E-state index contributed by atoms with van der Waals surface area (Å²) < 4.78 is 5.26. The Labute approximate surface area is 131 Å². The molecule has 21 heavy (non-hydrogen) atoms. The van der Waals surface area contributed by atoms with Gasteiger partial charge in [0, 0.05) is 24.8 Å². The molecule has 3 nitrogen and oxygen atoms in total. The Bertz CT molecular complexity index is 655. The minimum atomic E-state index is 0.439. The van der Waals surface area contributed by atoms with Crippen molar-refractivity contribution >= 4 is 22.9 Å². The lowest BCUT2D eigenvalue weighted by atomic mass is 10.1. The Balaban J connectivity index is 2.18. The fourth-order valence-electron chi connectivity index (χ4n) is 2.30. The van der Waals surface area contributed by atoms with Crippen LogP contribution in [0.2, 0.25) is 0 Å². The second-order valence-corrected chi connectivity index (χ2v) is 5.51. The molecule has 0 heterocycles. The highest BCUT2D eigenvalue weighted by molar-refractivity contribution is 7.80. The number of benzene rings is 2. The van der Waals surface area contributed by atoms with Gasteiger partial charge in [0.1, 0.15) is 10.7 Å². The van der Waals surface area contributed by atoms with Crippen molar-refractivity contribution in [3.63, 3.8) is 0 Å². The molecule has 0 radical (unpaired) electrons. The van der Waals surface area contributed by atoms with E-state index in [1.54, 1.807) is 7.11 Å². The van der Waals surface area contributed by atoms with Crippen LogP contribution < -0.4 is 15.4 Å². The molecule has 4 heteroatoms. The van der Waals surface area contributed by atoms with E-state index in [9.17, 15) is 0 Å². The first-order chi connectivity index (χ1) is 10.0. The van der Waals surface area contributed by atoms with Crippen LogP contribution in [0.15, 0.2) is 42.5 Å². The number of anilines is 1. The lowest BCUT2D eigenvalue weighted by molar-refractivity contribution is 0.414. The largest absolute Gasteiger partial charge is 0.497 e. The number of ether oxygens (including phenoxy) is 1. The standard InChI is InChI=1S/C17H20N2OS/c1-12-9-14(7-8-16(12)17(18)21)19(2)11-13-5-4-6-15(10-13)20-3/h4-10H,11H2,1-3H3,(H2,18,21). The molecule has 0 saturated heterocycles. The monoisotopic (exact) mass is 300 g/mol. The van der Waals surface area contributed by atoms with Gasteiger partial charge in [0.15, 0.2) is 0 Å². The fraction of sp³-hybridized carbons (Fsp3) is 0.235. The van der Waals surface area contributed by atoms with Gasteiger partial charge in [-0.2, -0.15) is 0 Å². The van der Waals surface area contributed by atoms with Crippen molar-refractivity contribution < 1.29 is 4.74 Å². The van der Waals surface area contributed by atoms with Crippen LogP contribution >= 0.6 is 12.2 Å². The molecule has 110 valence electrons. The predicted octanol–water partition coefficient (Wildman–Crippen LogP) is 3.27. The Hall–Kier alpha value is -2.07. The first kappa shape index (κ1) is 15.3. The highest BCUT2D eigenvalue weighted by Crippen LogP contribution is 2.21. The molecule has 0 fully saturated rings. The van der Waals surface area contributed by atoms with E-state index in [-0.39, 0.29) is 0 Å². The van der Waals surface area contributed by atoms with E-state index in [1.807, 2.05) is 37.3 Å². The summed E-state index contributed by atoms with van der Waals surface area (Å²) in [5.41, 5.74) is 10.1. The summed E-state index contributed by atoms with van der Waals surface area (Å²) in [4.78, 5) is 2.62. The summed E-state index contributed by atoms with van der Waals surface area (Å²) >= 11 is 5.04. The van der Waals surface area contributed by atoms with Crippen LogP contribution in [0.4, 0.5) is 5.69 Å². The van der Waals surface area contributed by atoms with Crippen LogP contribution in [0.1, 0.15) is 16.7 Å². The second kappa shape index (κ2) is 6.59. The molecule has 0 atom stereocenters. The van der Waals surface area contributed by atoms with Crippen LogP contribution in [0.3, 0.4) is 0 Å². The van der Waals surface area contributed by atoms with Crippen LogP contribution in [0.25, 0.3) is 0 Å². The van der Waals surface area contributed by atoms with Gasteiger partial charge in [-0.05, 0) is 48.4 Å². The third-order valence-corrected chi connectivity index (χ3v) is 3.69. The van der Waals surface area contributed by atoms with Crippen LogP contribution in [-0.4, -0.2) is 19.1 Å². The summed E-state index contributed by atoms with van der Waals surface area (Å²) in [6.07, 6.45) is 0. The van der Waals surface area contributed by atoms with E-state index in [0.717, 1.165) is 29.1 Å². The molecule has 0 unspecified atom stereocenters. The first-order valence-corrected chi connectivity index (χ1v) is 7.16. The van der Waals surface area contributed by atoms with Crippen molar-refractivity contribution in [3.05, 3.63) is 59.2 Å². The lowest BCUT2D eigenvalue weighted by Crippen LogP contribution is -2.17. The van der Waals surface area contributed by atoms with Gasteiger partial charge in [-0.15, -0.1) is 0 Å². The summed E-state index contributed by atoms with van der Waals surface area (Å²) in [5, 5.41) is 0. The second-order valence-electron chi connectivity index (χ2n) is 5.07. The molecule has 2 aromatic rings. The molecule has 0 aliphatic heterocycles. The summed E-state index contributed by atoms with van der Waals surface area (Å²) in [5.74, 6) is 0.876. The molecular weight excluding hydrogens is 280 g/mol. The summed E-state index contributed by atoms with van der Waals surface area (Å²) in [6, 6.07) is 14.2. The minimum Gasteiger partial charge on any atom is -0.497 e. The third kappa shape index (κ3) is 3.73. The Morgan fingerprint density at radius 3 is 2.62 bits per heavy atom. The molecule has 0 aliphatic rings. The quantitative estimate of drug-likeness (QED) is 0.860. The van der Waals surface area contributed by atoms with Crippen LogP contribution in [0.5, 0.6) is 5.75 Å². The molecule has 0 bridgehead atoms. The Morgan fingerprint density at radius 2 is 2.00 bits per heavy atom. The van der Waals surface area contributed by atoms with Gasteiger partial charge < -0.3 is 15.4 Å². The van der Waals surface area contributed by atoms with Gasteiger partial charge in [0.05, 0.1) is 7.11 Å². The number of aryl methyl sites for hydroxylation is 1. The van der Waals surface area contributed by atoms with E-state index in [0.29, 0.717) is 4.99 Å². The molecule has 2 N–H and O–H groups in total. The van der Waals surface area contributed by atoms with Crippen molar-refractivity contribution in [1.82, 2.24) is 0 Å². The SMILES string of the molecule is COc1cccc(CN(C)c2ccc(C(N)=S)c(C)c2)c1. The molecule has 0 spiro atoms. The number of hydrogen-bond donors (Lipinski definition) is 1. The van der Waals surface area contributed by atoms with E-state index < -0.39 is 0 Å². The number of hydrogen-bond acceptors (Lipinski definition) is 3. The maximum atomic E-state index is 5.70. The number of nitrogens with two attached hydrogens (primary N) is 1. The zero-order chi connectivity index (χ0) is 15.4. The van der Waals surface area contributed by atoms with Crippen molar-refractivity contribution in [2.24, 2.45) is 5.73 Å². The van der Waals surface area contributed by atoms with Crippen LogP contribution in [0, 0.1) is 6.92 Å². The van der Waals surface area contributed by atoms with Gasteiger partial charge in [0.25, 0.3) is 0 Å². The maximum absolute atomic E-state index is 5.70. The van der Waals surface area contributed by atoms with E-state index in [4.69, 9.17) is 22.7 Å². The van der Waals surface area contributed by atoms with Crippen molar-refractivity contribution in [2.75, 3.05) is 19.1 Å². The van der Waals surface area contributed by atoms with Gasteiger partial charge in [-0.25, -0.2) is 0 Å². The third-order valence-electron chi connectivity index (χ3n) is 3.47. The van der Waals surface area contributed by atoms with E-state index in [2.05, 4.69) is 24.1 Å². The van der Waals surface area contributed by atoms with Gasteiger partial charge in [0.2, 0.25) is 0 Å². The average Bonchev–Trinajstić information content (AvgIpc) is 2.46. The number of thiocarbonyl (C=S) groups is 1. The number of rotatable bonds is 5. The van der Waals surface area contributed by atoms with Gasteiger partial charge in [-0.1, -0.05) is 24.4 Å². The Kier molecular flexibility index (Phi) is 4.81. The van der Waals surface area contributed by atoms with Crippen molar-refractivity contribution in [2.45, 2.75) is 13.5 Å². The molecule has 0 saturated carbocycles. The molecular formula is C17H20N2OS. The molecule has 2 aromatic carbocycles. The zero-order valence-electron chi connectivity index (χ0n) is 12.6. The summed E-state index contributed by atoms with van der Waals surface area (Å²) in [7, 11) is 3.75. The minimum absolute atomic E-state index is 0.439. The normalized spacial score (nSPS) is 10.2. The molecule has 0 aromatic heterocycles. The zero-order valence-corrected chi connectivity index (χ0v) is 13.4. The van der Waals surface area contributed by atoms with E-state index >= 15 is 0 Å². The fourth-order valence-corrected chi connectivity index (χ4v) is 2.53. The molecule has 0 amide bonds. The topological polar surface area (TPSA) is 38.5 Å². The molecule has 0 aliphatic carbocycles. The smallest absolute Gasteiger partial charge is 0.119 e. The van der Waals surface area contributed by atoms with Gasteiger partial charge >= 0.3 is 0 Å². The highest BCUT2D eigenvalue weighted by atomic mass is 32.1. The van der Waals surface area contributed by atoms with Gasteiger partial charge in [-0.3, -0.25) is 0 Å². The number of nitrogens with zero attached hydrogens (tertiary/aromatic N) is 1. The van der Waals surface area contributed by atoms with Crippen LogP contribution in [-0.2, 0) is 6.54 Å². The predicted molar refractivity (Wildman–Crippen MR) is 92.2 cm³/mol. The maximum Gasteiger partial charge on any atom is 0.119 e. The molecule has 2 rings (SSSR count). The van der Waals surface area contributed by atoms with E-state index in [1.165, 1.54) is 5.56 Å². The van der Waals surface area contributed by atoms with Crippen molar-refractivity contribution in [3.8, 4) is 5.75 Å². The lowest BCUT2D eigenvalue weighted by Gasteiger charge is -2.21. The summed E-state index contributed by atoms with van der Waals surface area (Å²) in [6.45, 7) is 2.83. The number of methoxy groups -OCH3 is 1. The highest BCUT2D eigenvalue weighted by Gasteiger charge is 2.07. The van der Waals surface area contributed by atoms with Crippen molar-refractivity contribution in [1.29, 1.82) is 0 Å². The Morgan fingerprint density at radius 1 is 1.24 bits per heavy atom. The first-order valence-electron chi connectivity index (χ1n) is 6.76. The average molecular weight is 300 g/mol.